The van der Waals surface area contributed by atoms with Gasteiger partial charge in [0.2, 0.25) is 0 Å². The molecule has 0 spiro atoms. The Bertz CT molecular complexity index is 394. The van der Waals surface area contributed by atoms with E-state index < -0.39 is 17.2 Å². The number of aliphatic carboxylic acids is 1. The number of benzene rings is 1. The number of hydrogen-bond acceptors (Lipinski definition) is 1. The third-order valence-electron chi connectivity index (χ3n) is 2.80. The highest BCUT2D eigenvalue weighted by Gasteiger charge is 2.53. The summed E-state index contributed by atoms with van der Waals surface area (Å²) in [7, 11) is 0. The molecular weight excluding hydrogens is 183 g/mol. The summed E-state index contributed by atoms with van der Waals surface area (Å²) >= 11 is 0. The van der Waals surface area contributed by atoms with Gasteiger partial charge in [-0.15, -0.1) is 0 Å². The van der Waals surface area contributed by atoms with Gasteiger partial charge in [-0.1, -0.05) is 17.7 Å². The molecule has 0 saturated heterocycles. The summed E-state index contributed by atoms with van der Waals surface area (Å²) in [6.45, 7) is 1.83. The fourth-order valence-electron chi connectivity index (χ4n) is 1.73. The van der Waals surface area contributed by atoms with Crippen LogP contribution in [0.5, 0.6) is 0 Å². The van der Waals surface area contributed by atoms with E-state index >= 15 is 0 Å². The molecule has 0 unspecified atom stereocenters. The lowest BCUT2D eigenvalue weighted by molar-refractivity contribution is -0.140. The first-order valence-corrected chi connectivity index (χ1v) is 4.56. The number of aryl methyl sites for hydroxylation is 1. The van der Waals surface area contributed by atoms with Crippen LogP contribution in [-0.4, -0.2) is 11.1 Å². The largest absolute Gasteiger partial charge is 0.481 e. The predicted molar refractivity (Wildman–Crippen MR) is 49.7 cm³/mol. The van der Waals surface area contributed by atoms with Crippen molar-refractivity contribution in [2.24, 2.45) is 0 Å². The number of carboxylic acids is 1. The molecule has 1 N–H and O–H groups in total. The van der Waals surface area contributed by atoms with Crippen molar-refractivity contribution in [1.29, 1.82) is 0 Å². The normalized spacial score (nSPS) is 17.9. The van der Waals surface area contributed by atoms with Crippen LogP contribution in [0.25, 0.3) is 0 Å². The van der Waals surface area contributed by atoms with Crippen molar-refractivity contribution < 1.29 is 14.3 Å². The molecule has 0 atom stereocenters. The molecule has 1 saturated carbocycles. The Kier molecular flexibility index (Phi) is 1.84. The summed E-state index contributed by atoms with van der Waals surface area (Å²) in [4.78, 5) is 11.0. The van der Waals surface area contributed by atoms with Crippen LogP contribution >= 0.6 is 0 Å². The van der Waals surface area contributed by atoms with Gasteiger partial charge >= 0.3 is 5.97 Å². The van der Waals surface area contributed by atoms with Crippen LogP contribution in [0.3, 0.4) is 0 Å². The summed E-state index contributed by atoms with van der Waals surface area (Å²) in [6.07, 6.45) is 1.09. The SMILES string of the molecule is Cc1ccc(F)c(C2(C(=O)O)CC2)c1. The number of carbonyl (C=O) groups is 1. The fraction of sp³-hybridized carbons (Fsp3) is 0.364. The van der Waals surface area contributed by atoms with E-state index in [2.05, 4.69) is 0 Å². The molecule has 2 nitrogen and oxygen atoms in total. The Morgan fingerprint density at radius 3 is 2.64 bits per heavy atom. The lowest BCUT2D eigenvalue weighted by Crippen LogP contribution is -2.21. The van der Waals surface area contributed by atoms with Gasteiger partial charge < -0.3 is 5.11 Å². The first-order valence-electron chi connectivity index (χ1n) is 4.56. The van der Waals surface area contributed by atoms with E-state index in [4.69, 9.17) is 5.11 Å². The second-order valence-electron chi connectivity index (χ2n) is 3.87. The summed E-state index contributed by atoms with van der Waals surface area (Å²) in [6, 6.07) is 4.63. The van der Waals surface area contributed by atoms with Gasteiger partial charge in [-0.25, -0.2) is 4.39 Å². The van der Waals surface area contributed by atoms with Crippen LogP contribution in [-0.2, 0) is 10.2 Å². The molecule has 0 aliphatic heterocycles. The lowest BCUT2D eigenvalue weighted by Gasteiger charge is -2.11. The van der Waals surface area contributed by atoms with Crippen molar-refractivity contribution >= 4 is 5.97 Å². The van der Waals surface area contributed by atoms with Gasteiger partial charge in [0.05, 0.1) is 5.41 Å². The molecule has 2 rings (SSSR count). The Morgan fingerprint density at radius 2 is 2.14 bits per heavy atom. The highest BCUT2D eigenvalue weighted by atomic mass is 19.1. The van der Waals surface area contributed by atoms with Gasteiger partial charge in [0, 0.05) is 5.56 Å². The first-order chi connectivity index (χ1) is 6.56. The van der Waals surface area contributed by atoms with Gasteiger partial charge in [0.15, 0.2) is 0 Å². The van der Waals surface area contributed by atoms with Crippen LogP contribution in [0.1, 0.15) is 24.0 Å². The number of carboxylic acid groups (broad SMARTS) is 1. The Balaban J connectivity index is 2.51. The second kappa shape index (κ2) is 2.80. The van der Waals surface area contributed by atoms with Crippen LogP contribution < -0.4 is 0 Å². The number of rotatable bonds is 2. The van der Waals surface area contributed by atoms with Crippen molar-refractivity contribution in [2.75, 3.05) is 0 Å². The number of hydrogen-bond donors (Lipinski definition) is 1. The van der Waals surface area contributed by atoms with Crippen LogP contribution in [0.4, 0.5) is 4.39 Å². The molecule has 74 valence electrons. The summed E-state index contributed by atoms with van der Waals surface area (Å²) in [5, 5.41) is 9.01. The van der Waals surface area contributed by atoms with Gasteiger partial charge in [-0.3, -0.25) is 4.79 Å². The van der Waals surface area contributed by atoms with Crippen molar-refractivity contribution in [3.05, 3.63) is 35.1 Å². The van der Waals surface area contributed by atoms with Gasteiger partial charge in [-0.05, 0) is 25.8 Å². The minimum absolute atomic E-state index is 0.338. The zero-order valence-corrected chi connectivity index (χ0v) is 7.88. The van der Waals surface area contributed by atoms with Crippen LogP contribution in [0, 0.1) is 12.7 Å². The lowest BCUT2D eigenvalue weighted by atomic mass is 9.94. The number of halogens is 1. The summed E-state index contributed by atoms with van der Waals surface area (Å²) in [5.74, 6) is -1.32. The minimum atomic E-state index is -0.934. The molecular formula is C11H11FO2. The maximum absolute atomic E-state index is 13.4. The molecule has 14 heavy (non-hydrogen) atoms. The molecule has 1 aromatic carbocycles. The fourth-order valence-corrected chi connectivity index (χ4v) is 1.73. The third kappa shape index (κ3) is 1.20. The van der Waals surface area contributed by atoms with E-state index in [0.717, 1.165) is 5.56 Å². The van der Waals surface area contributed by atoms with Crippen LogP contribution in [0.2, 0.25) is 0 Å². The molecule has 1 aliphatic carbocycles. The van der Waals surface area contributed by atoms with E-state index in [-0.39, 0.29) is 0 Å². The quantitative estimate of drug-likeness (QED) is 0.784. The van der Waals surface area contributed by atoms with E-state index in [9.17, 15) is 9.18 Å². The average Bonchev–Trinajstić information content (AvgIpc) is 2.90. The van der Waals surface area contributed by atoms with E-state index in [1.807, 2.05) is 6.92 Å². The van der Waals surface area contributed by atoms with E-state index in [1.165, 1.54) is 6.07 Å². The third-order valence-corrected chi connectivity index (χ3v) is 2.80. The van der Waals surface area contributed by atoms with Gasteiger partial charge in [0.25, 0.3) is 0 Å². The van der Waals surface area contributed by atoms with Gasteiger partial charge in [-0.2, -0.15) is 0 Å². The van der Waals surface area contributed by atoms with E-state index in [1.54, 1.807) is 12.1 Å². The van der Waals surface area contributed by atoms with E-state index in [0.29, 0.717) is 18.4 Å². The summed E-state index contributed by atoms with van der Waals surface area (Å²) < 4.78 is 13.4. The standard InChI is InChI=1S/C11H11FO2/c1-7-2-3-9(12)8(6-7)11(4-5-11)10(13)14/h2-3,6H,4-5H2,1H3,(H,13,14). The molecule has 0 bridgehead atoms. The zero-order chi connectivity index (χ0) is 10.3. The smallest absolute Gasteiger partial charge is 0.314 e. The molecule has 3 heteroatoms. The Labute approximate surface area is 81.4 Å². The maximum Gasteiger partial charge on any atom is 0.314 e. The molecule has 1 fully saturated rings. The maximum atomic E-state index is 13.4. The predicted octanol–water partition coefficient (Wildman–Crippen LogP) is 2.25. The molecule has 0 radical (unpaired) electrons. The van der Waals surface area contributed by atoms with Crippen molar-refractivity contribution in [3.63, 3.8) is 0 Å². The molecule has 1 aliphatic rings. The molecule has 1 aromatic rings. The topological polar surface area (TPSA) is 37.3 Å². The first kappa shape index (κ1) is 9.19. The van der Waals surface area contributed by atoms with Crippen molar-refractivity contribution in [2.45, 2.75) is 25.2 Å². The average molecular weight is 194 g/mol. The highest BCUT2D eigenvalue weighted by molar-refractivity contribution is 5.85. The minimum Gasteiger partial charge on any atom is -0.481 e. The van der Waals surface area contributed by atoms with Gasteiger partial charge in [0.1, 0.15) is 5.82 Å². The molecule has 0 heterocycles. The molecule has 0 aromatic heterocycles. The monoisotopic (exact) mass is 194 g/mol. The van der Waals surface area contributed by atoms with Crippen molar-refractivity contribution in [3.8, 4) is 0 Å². The van der Waals surface area contributed by atoms with Crippen molar-refractivity contribution in [1.82, 2.24) is 0 Å². The highest BCUT2D eigenvalue weighted by Crippen LogP contribution is 2.49. The van der Waals surface area contributed by atoms with Crippen LogP contribution in [0.15, 0.2) is 18.2 Å². The second-order valence-corrected chi connectivity index (χ2v) is 3.87. The molecule has 0 amide bonds. The summed E-state index contributed by atoms with van der Waals surface area (Å²) in [5.41, 5.74) is 0.301. The Morgan fingerprint density at radius 1 is 1.50 bits per heavy atom. The Hall–Kier alpha value is -1.38. The zero-order valence-electron chi connectivity index (χ0n) is 7.88.